The normalized spacial score (nSPS) is 10.2. The molecule has 0 bridgehead atoms. The van der Waals surface area contributed by atoms with Gasteiger partial charge in [-0.05, 0) is 41.5 Å². The van der Waals surface area contributed by atoms with E-state index in [1.54, 1.807) is 25.3 Å². The first-order valence-electron chi connectivity index (χ1n) is 8.95. The number of nitrogens with one attached hydrogen (secondary N) is 1. The maximum absolute atomic E-state index is 12.6. The van der Waals surface area contributed by atoms with Gasteiger partial charge in [0.15, 0.2) is 0 Å². The van der Waals surface area contributed by atoms with Gasteiger partial charge in [0.25, 0.3) is 5.91 Å². The van der Waals surface area contributed by atoms with Gasteiger partial charge in [-0.1, -0.05) is 42.5 Å². The lowest BCUT2D eigenvalue weighted by molar-refractivity contribution is 0.0947. The molecule has 1 N–H and O–H groups in total. The Balaban J connectivity index is 1.62. The lowest BCUT2D eigenvalue weighted by Gasteiger charge is -2.12. The summed E-state index contributed by atoms with van der Waals surface area (Å²) in [5.74, 6) is 1.63. The van der Waals surface area contributed by atoms with Crippen LogP contribution < -0.4 is 19.5 Å². The van der Waals surface area contributed by atoms with Crippen LogP contribution in [0.15, 0.2) is 72.8 Å². The molecule has 0 aliphatic carbocycles. The van der Waals surface area contributed by atoms with E-state index in [-0.39, 0.29) is 5.91 Å². The number of methoxy groups -OCH3 is 2. The molecule has 0 aliphatic heterocycles. The van der Waals surface area contributed by atoms with Crippen molar-refractivity contribution in [2.45, 2.75) is 13.2 Å². The van der Waals surface area contributed by atoms with Crippen molar-refractivity contribution in [1.82, 2.24) is 5.32 Å². The van der Waals surface area contributed by atoms with E-state index in [0.717, 1.165) is 16.9 Å². The van der Waals surface area contributed by atoms with Crippen LogP contribution in [0.5, 0.6) is 17.2 Å². The van der Waals surface area contributed by atoms with Gasteiger partial charge in [-0.2, -0.15) is 0 Å². The molecule has 3 aromatic rings. The number of carbonyl (C=O) groups is 1. The Labute approximate surface area is 164 Å². The lowest BCUT2D eigenvalue weighted by atomic mass is 10.1. The summed E-state index contributed by atoms with van der Waals surface area (Å²) in [6.07, 6.45) is 0. The summed E-state index contributed by atoms with van der Waals surface area (Å²) in [6.45, 7) is 0.874. The van der Waals surface area contributed by atoms with Crippen molar-refractivity contribution < 1.29 is 19.0 Å². The molecule has 0 unspecified atom stereocenters. The summed E-state index contributed by atoms with van der Waals surface area (Å²) in [5, 5.41) is 2.91. The minimum absolute atomic E-state index is 0.230. The Morgan fingerprint density at radius 1 is 0.821 bits per heavy atom. The maximum Gasteiger partial charge on any atom is 0.255 e. The van der Waals surface area contributed by atoms with E-state index in [9.17, 15) is 4.79 Å². The van der Waals surface area contributed by atoms with Crippen LogP contribution in [-0.2, 0) is 13.2 Å². The van der Waals surface area contributed by atoms with Crippen LogP contribution in [-0.4, -0.2) is 20.1 Å². The van der Waals surface area contributed by atoms with Crippen molar-refractivity contribution in [2.24, 2.45) is 0 Å². The molecule has 0 heterocycles. The van der Waals surface area contributed by atoms with Crippen LogP contribution in [0, 0.1) is 0 Å². The Morgan fingerprint density at radius 3 is 2.36 bits per heavy atom. The van der Waals surface area contributed by atoms with Gasteiger partial charge in [0.1, 0.15) is 23.9 Å². The third-order valence-electron chi connectivity index (χ3n) is 4.25. The second-order valence-corrected chi connectivity index (χ2v) is 6.17. The highest BCUT2D eigenvalue weighted by Gasteiger charge is 2.13. The standard InChI is InChI=1S/C23H23NO4/c1-26-19-11-12-22(27-2)21(14-19)23(25)24-15-18-9-6-10-20(13-18)28-16-17-7-4-3-5-8-17/h3-14H,15-16H2,1-2H3,(H,24,25). The van der Waals surface area contributed by atoms with E-state index in [4.69, 9.17) is 14.2 Å². The van der Waals surface area contributed by atoms with Gasteiger partial charge in [-0.25, -0.2) is 0 Å². The molecule has 0 aromatic heterocycles. The predicted molar refractivity (Wildman–Crippen MR) is 108 cm³/mol. The molecule has 1 amide bonds. The van der Waals surface area contributed by atoms with Gasteiger partial charge in [0.2, 0.25) is 0 Å². The molecule has 0 saturated carbocycles. The van der Waals surface area contributed by atoms with Crippen LogP contribution in [0.4, 0.5) is 0 Å². The first kappa shape index (κ1) is 19.3. The molecule has 3 rings (SSSR count). The Bertz CT molecular complexity index is 925. The van der Waals surface area contributed by atoms with E-state index in [2.05, 4.69) is 5.32 Å². The quantitative estimate of drug-likeness (QED) is 0.639. The molecule has 0 saturated heterocycles. The number of benzene rings is 3. The molecule has 28 heavy (non-hydrogen) atoms. The van der Waals surface area contributed by atoms with E-state index < -0.39 is 0 Å². The Kier molecular flexibility index (Phi) is 6.52. The SMILES string of the molecule is COc1ccc(OC)c(C(=O)NCc2cccc(OCc3ccccc3)c2)c1. The smallest absolute Gasteiger partial charge is 0.255 e. The monoisotopic (exact) mass is 377 g/mol. The molecule has 0 aliphatic rings. The molecule has 3 aromatic carbocycles. The van der Waals surface area contributed by atoms with Crippen LogP contribution in [0.2, 0.25) is 0 Å². The molecular formula is C23H23NO4. The third-order valence-corrected chi connectivity index (χ3v) is 4.25. The maximum atomic E-state index is 12.6. The predicted octanol–water partition coefficient (Wildman–Crippen LogP) is 4.21. The van der Waals surface area contributed by atoms with Crippen molar-refractivity contribution in [3.63, 3.8) is 0 Å². The number of rotatable bonds is 8. The van der Waals surface area contributed by atoms with E-state index in [1.165, 1.54) is 7.11 Å². The molecule has 5 heteroatoms. The topological polar surface area (TPSA) is 56.8 Å². The van der Waals surface area contributed by atoms with Gasteiger partial charge in [0.05, 0.1) is 19.8 Å². The molecule has 5 nitrogen and oxygen atoms in total. The van der Waals surface area contributed by atoms with Gasteiger partial charge >= 0.3 is 0 Å². The van der Waals surface area contributed by atoms with Crippen LogP contribution >= 0.6 is 0 Å². The zero-order chi connectivity index (χ0) is 19.8. The number of hydrogen-bond acceptors (Lipinski definition) is 4. The Morgan fingerprint density at radius 2 is 1.61 bits per heavy atom. The van der Waals surface area contributed by atoms with Crippen molar-refractivity contribution in [2.75, 3.05) is 14.2 Å². The van der Waals surface area contributed by atoms with Gasteiger partial charge in [0, 0.05) is 6.54 Å². The molecular weight excluding hydrogens is 354 g/mol. The molecule has 0 fully saturated rings. The fourth-order valence-electron chi connectivity index (χ4n) is 2.76. The van der Waals surface area contributed by atoms with Crippen LogP contribution in [0.25, 0.3) is 0 Å². The summed E-state index contributed by atoms with van der Waals surface area (Å²) >= 11 is 0. The fourth-order valence-corrected chi connectivity index (χ4v) is 2.76. The highest BCUT2D eigenvalue weighted by Crippen LogP contribution is 2.24. The fraction of sp³-hybridized carbons (Fsp3) is 0.174. The number of carbonyl (C=O) groups excluding carboxylic acids is 1. The van der Waals surface area contributed by atoms with Gasteiger partial charge in [-0.3, -0.25) is 4.79 Å². The van der Waals surface area contributed by atoms with E-state index >= 15 is 0 Å². The van der Waals surface area contributed by atoms with Crippen molar-refractivity contribution >= 4 is 5.91 Å². The summed E-state index contributed by atoms with van der Waals surface area (Å²) in [6, 6.07) is 22.8. The number of hydrogen-bond donors (Lipinski definition) is 1. The van der Waals surface area contributed by atoms with Crippen LogP contribution in [0.3, 0.4) is 0 Å². The molecule has 144 valence electrons. The van der Waals surface area contributed by atoms with Gasteiger partial charge in [-0.15, -0.1) is 0 Å². The minimum Gasteiger partial charge on any atom is -0.497 e. The summed E-state index contributed by atoms with van der Waals surface area (Å²) < 4.78 is 16.3. The Hall–Kier alpha value is -3.47. The largest absolute Gasteiger partial charge is 0.497 e. The summed E-state index contributed by atoms with van der Waals surface area (Å²) in [5.41, 5.74) is 2.48. The summed E-state index contributed by atoms with van der Waals surface area (Å²) in [7, 11) is 3.09. The average molecular weight is 377 g/mol. The average Bonchev–Trinajstić information content (AvgIpc) is 2.76. The van der Waals surface area contributed by atoms with Crippen molar-refractivity contribution in [3.8, 4) is 17.2 Å². The van der Waals surface area contributed by atoms with Crippen molar-refractivity contribution in [3.05, 3.63) is 89.5 Å². The van der Waals surface area contributed by atoms with Crippen molar-refractivity contribution in [1.29, 1.82) is 0 Å². The first-order valence-corrected chi connectivity index (χ1v) is 8.95. The van der Waals surface area contributed by atoms with E-state index in [1.807, 2.05) is 54.6 Å². The lowest BCUT2D eigenvalue weighted by Crippen LogP contribution is -2.23. The number of amides is 1. The zero-order valence-electron chi connectivity index (χ0n) is 16.0. The highest BCUT2D eigenvalue weighted by atomic mass is 16.5. The minimum atomic E-state index is -0.230. The zero-order valence-corrected chi connectivity index (χ0v) is 16.0. The first-order chi connectivity index (χ1) is 13.7. The summed E-state index contributed by atoms with van der Waals surface area (Å²) in [4.78, 5) is 12.6. The molecule has 0 spiro atoms. The van der Waals surface area contributed by atoms with E-state index in [0.29, 0.717) is 30.2 Å². The second-order valence-electron chi connectivity index (χ2n) is 6.17. The molecule has 0 radical (unpaired) electrons. The number of ether oxygens (including phenoxy) is 3. The highest BCUT2D eigenvalue weighted by molar-refractivity contribution is 5.97. The second kappa shape index (κ2) is 9.46. The van der Waals surface area contributed by atoms with Crippen LogP contribution in [0.1, 0.15) is 21.5 Å². The third kappa shape index (κ3) is 5.04. The van der Waals surface area contributed by atoms with Gasteiger partial charge < -0.3 is 19.5 Å². The molecule has 0 atom stereocenters.